The number of carboxylic acids is 1. The molecule has 1 aliphatic heterocycles. The second kappa shape index (κ2) is 5.51. The summed E-state index contributed by atoms with van der Waals surface area (Å²) in [6.45, 7) is -0.210. The number of morpholine rings is 1. The second-order valence-corrected chi connectivity index (χ2v) is 8.29. The van der Waals surface area contributed by atoms with Crippen molar-refractivity contribution in [2.24, 2.45) is 0 Å². The first kappa shape index (κ1) is 15.3. The number of hydrogen-bond donors (Lipinski definition) is 1. The van der Waals surface area contributed by atoms with E-state index >= 15 is 0 Å². The predicted octanol–water partition coefficient (Wildman–Crippen LogP) is -1.85. The molecule has 1 rings (SSSR count). The van der Waals surface area contributed by atoms with Crippen molar-refractivity contribution in [3.05, 3.63) is 0 Å². The maximum atomic E-state index is 11.9. The van der Waals surface area contributed by atoms with Crippen LogP contribution in [0.4, 0.5) is 0 Å². The molecule has 106 valence electrons. The standard InChI is InChI=1S/C8H15NO7S2/c1-17(12,13)4-5-18(14,15)9-2-3-16-6-7(9)8(10)11/h7H,2-6H2,1H3,(H,10,11). The van der Waals surface area contributed by atoms with Crippen molar-refractivity contribution in [2.45, 2.75) is 6.04 Å². The van der Waals surface area contributed by atoms with Gasteiger partial charge in [0.15, 0.2) is 0 Å². The van der Waals surface area contributed by atoms with Crippen LogP contribution in [0.15, 0.2) is 0 Å². The van der Waals surface area contributed by atoms with Crippen LogP contribution in [-0.2, 0) is 29.4 Å². The minimum Gasteiger partial charge on any atom is -0.480 e. The first-order chi connectivity index (χ1) is 8.13. The summed E-state index contributed by atoms with van der Waals surface area (Å²) in [5.74, 6) is -2.45. The molecule has 1 N–H and O–H groups in total. The van der Waals surface area contributed by atoms with Gasteiger partial charge in [0.05, 0.1) is 24.7 Å². The van der Waals surface area contributed by atoms with E-state index in [1.165, 1.54) is 0 Å². The van der Waals surface area contributed by atoms with Crippen LogP contribution in [-0.4, -0.2) is 75.8 Å². The zero-order valence-corrected chi connectivity index (χ0v) is 11.4. The van der Waals surface area contributed by atoms with Gasteiger partial charge in [0.2, 0.25) is 10.0 Å². The molecule has 0 aromatic heterocycles. The van der Waals surface area contributed by atoms with Crippen molar-refractivity contribution in [1.29, 1.82) is 0 Å². The fourth-order valence-electron chi connectivity index (χ4n) is 1.49. The van der Waals surface area contributed by atoms with Gasteiger partial charge in [-0.1, -0.05) is 0 Å². The Bertz CT molecular complexity index is 510. The van der Waals surface area contributed by atoms with Crippen LogP contribution < -0.4 is 0 Å². The van der Waals surface area contributed by atoms with Gasteiger partial charge in [0, 0.05) is 12.8 Å². The molecular weight excluding hydrogens is 286 g/mol. The minimum atomic E-state index is -3.92. The molecule has 0 spiro atoms. The molecule has 0 saturated carbocycles. The van der Waals surface area contributed by atoms with Gasteiger partial charge >= 0.3 is 5.97 Å². The summed E-state index contributed by atoms with van der Waals surface area (Å²) in [6.07, 6.45) is 0.927. The van der Waals surface area contributed by atoms with E-state index in [0.29, 0.717) is 0 Å². The lowest BCUT2D eigenvalue weighted by atomic mass is 10.3. The molecule has 0 aliphatic carbocycles. The molecule has 10 heteroatoms. The zero-order valence-electron chi connectivity index (χ0n) is 9.77. The van der Waals surface area contributed by atoms with Crippen LogP contribution in [0.1, 0.15) is 0 Å². The Hall–Kier alpha value is -0.710. The lowest BCUT2D eigenvalue weighted by Gasteiger charge is -2.31. The first-order valence-electron chi connectivity index (χ1n) is 5.11. The highest BCUT2D eigenvalue weighted by molar-refractivity contribution is 7.93. The van der Waals surface area contributed by atoms with Crippen molar-refractivity contribution in [3.63, 3.8) is 0 Å². The average Bonchev–Trinajstić information content (AvgIpc) is 2.26. The third-order valence-electron chi connectivity index (χ3n) is 2.43. The zero-order chi connectivity index (χ0) is 14.0. The van der Waals surface area contributed by atoms with Crippen LogP contribution in [0.3, 0.4) is 0 Å². The Morgan fingerprint density at radius 3 is 2.44 bits per heavy atom. The molecule has 0 radical (unpaired) electrons. The number of nitrogens with zero attached hydrogens (tertiary/aromatic N) is 1. The van der Waals surface area contributed by atoms with Crippen molar-refractivity contribution < 1.29 is 31.5 Å². The molecule has 0 bridgehead atoms. The fraction of sp³-hybridized carbons (Fsp3) is 0.875. The number of hydrogen-bond acceptors (Lipinski definition) is 6. The molecule has 0 aromatic rings. The Labute approximate surface area is 106 Å². The average molecular weight is 301 g/mol. The monoisotopic (exact) mass is 301 g/mol. The normalized spacial score (nSPS) is 22.8. The van der Waals surface area contributed by atoms with E-state index in [2.05, 4.69) is 0 Å². The fourth-order valence-corrected chi connectivity index (χ4v) is 4.67. The molecule has 1 unspecified atom stereocenters. The number of sulfone groups is 1. The van der Waals surface area contributed by atoms with Crippen LogP contribution in [0.25, 0.3) is 0 Å². The van der Waals surface area contributed by atoms with Crippen molar-refractivity contribution in [3.8, 4) is 0 Å². The van der Waals surface area contributed by atoms with E-state index < -0.39 is 43.4 Å². The summed E-state index contributed by atoms with van der Waals surface area (Å²) in [5, 5.41) is 8.90. The lowest BCUT2D eigenvalue weighted by molar-refractivity contribution is -0.146. The molecule has 1 saturated heterocycles. The van der Waals surface area contributed by atoms with Crippen LogP contribution >= 0.6 is 0 Å². The number of rotatable bonds is 5. The summed E-state index contributed by atoms with van der Waals surface area (Å²) in [4.78, 5) is 10.9. The van der Waals surface area contributed by atoms with E-state index in [1.54, 1.807) is 0 Å². The van der Waals surface area contributed by atoms with Gasteiger partial charge in [-0.3, -0.25) is 4.79 Å². The highest BCUT2D eigenvalue weighted by Gasteiger charge is 2.37. The Morgan fingerprint density at radius 1 is 1.33 bits per heavy atom. The Kier molecular flexibility index (Phi) is 4.70. The third-order valence-corrected chi connectivity index (χ3v) is 5.51. The predicted molar refractivity (Wildman–Crippen MR) is 62.4 cm³/mol. The summed E-state index contributed by atoms with van der Waals surface area (Å²) in [5.41, 5.74) is 0. The molecular formula is C8H15NO7S2. The summed E-state index contributed by atoms with van der Waals surface area (Å²) in [6, 6.07) is -1.29. The molecule has 1 aliphatic rings. The van der Waals surface area contributed by atoms with Gasteiger partial charge < -0.3 is 9.84 Å². The minimum absolute atomic E-state index is 0.0803. The maximum absolute atomic E-state index is 11.9. The van der Waals surface area contributed by atoms with Crippen LogP contribution in [0, 0.1) is 0 Å². The quantitative estimate of drug-likeness (QED) is 0.633. The van der Waals surface area contributed by atoms with Gasteiger partial charge in [-0.25, -0.2) is 16.8 Å². The molecule has 1 fully saturated rings. The molecule has 1 atom stereocenters. The van der Waals surface area contributed by atoms with E-state index in [-0.39, 0.29) is 19.8 Å². The molecule has 18 heavy (non-hydrogen) atoms. The SMILES string of the molecule is CS(=O)(=O)CCS(=O)(=O)N1CCOCC1C(=O)O. The topological polar surface area (TPSA) is 118 Å². The Morgan fingerprint density at radius 2 is 1.94 bits per heavy atom. The highest BCUT2D eigenvalue weighted by Crippen LogP contribution is 2.13. The van der Waals surface area contributed by atoms with Crippen molar-refractivity contribution >= 4 is 25.8 Å². The van der Waals surface area contributed by atoms with E-state index in [0.717, 1.165) is 10.6 Å². The molecule has 0 aromatic carbocycles. The summed E-state index contributed by atoms with van der Waals surface area (Å²) >= 11 is 0. The van der Waals surface area contributed by atoms with Gasteiger partial charge in [0.25, 0.3) is 0 Å². The van der Waals surface area contributed by atoms with Gasteiger partial charge in [-0.2, -0.15) is 4.31 Å². The second-order valence-electron chi connectivity index (χ2n) is 3.99. The van der Waals surface area contributed by atoms with E-state index in [9.17, 15) is 21.6 Å². The van der Waals surface area contributed by atoms with Crippen molar-refractivity contribution in [1.82, 2.24) is 4.31 Å². The first-order valence-corrected chi connectivity index (χ1v) is 8.78. The smallest absolute Gasteiger partial charge is 0.324 e. The van der Waals surface area contributed by atoms with Gasteiger partial charge in [-0.15, -0.1) is 0 Å². The number of sulfonamides is 1. The van der Waals surface area contributed by atoms with E-state index in [1.807, 2.05) is 0 Å². The molecule has 8 nitrogen and oxygen atoms in total. The van der Waals surface area contributed by atoms with Crippen LogP contribution in [0.5, 0.6) is 0 Å². The van der Waals surface area contributed by atoms with Crippen LogP contribution in [0.2, 0.25) is 0 Å². The van der Waals surface area contributed by atoms with Gasteiger partial charge in [0.1, 0.15) is 15.9 Å². The Balaban J connectivity index is 2.85. The highest BCUT2D eigenvalue weighted by atomic mass is 32.2. The maximum Gasteiger partial charge on any atom is 0.324 e. The largest absolute Gasteiger partial charge is 0.480 e. The van der Waals surface area contributed by atoms with Crippen molar-refractivity contribution in [2.75, 3.05) is 37.5 Å². The van der Waals surface area contributed by atoms with E-state index in [4.69, 9.17) is 9.84 Å². The number of carbonyl (C=O) groups is 1. The summed E-state index contributed by atoms with van der Waals surface area (Å²) in [7, 11) is -7.34. The lowest BCUT2D eigenvalue weighted by Crippen LogP contribution is -2.53. The number of carboxylic acid groups (broad SMARTS) is 1. The number of aliphatic carboxylic acids is 1. The summed E-state index contributed by atoms with van der Waals surface area (Å²) < 4.78 is 51.4. The molecule has 0 amide bonds. The molecule has 1 heterocycles. The van der Waals surface area contributed by atoms with Gasteiger partial charge in [-0.05, 0) is 0 Å². The number of ether oxygens (including phenoxy) is 1. The third kappa shape index (κ3) is 4.19.